The number of hydrogen-bond donors (Lipinski definition) is 0. The quantitative estimate of drug-likeness (QED) is 0.429. The molecule has 0 amide bonds. The zero-order valence-electron chi connectivity index (χ0n) is 7.78. The molecular weight excluding hydrogens is 333 g/mol. The van der Waals surface area contributed by atoms with E-state index in [4.69, 9.17) is 69.6 Å². The molecule has 0 saturated heterocycles. The molecular formula is C10H6Cl6. The van der Waals surface area contributed by atoms with Gasteiger partial charge in [-0.3, -0.25) is 0 Å². The molecule has 2 bridgehead atoms. The summed E-state index contributed by atoms with van der Waals surface area (Å²) < 4.78 is -1.38. The molecule has 1 saturated carbocycles. The van der Waals surface area contributed by atoms with Crippen LogP contribution in [0.2, 0.25) is 0 Å². The maximum absolute atomic E-state index is 6.56. The zero-order chi connectivity index (χ0) is 11.9. The standard InChI is InChI=1S/C10H6Cl6/c11-6-7(12)9(14)5-3-1-2-4(5)8(6,13)10(9,15)16/h1-2,4-5H,3H2/t4-,5-,8+,9-/m1/s1. The topological polar surface area (TPSA) is 0 Å². The molecule has 3 aliphatic rings. The minimum Gasteiger partial charge on any atom is -0.109 e. The van der Waals surface area contributed by atoms with Crippen molar-refractivity contribution in [1.82, 2.24) is 0 Å². The minimum absolute atomic E-state index is 0.0108. The molecule has 0 heterocycles. The van der Waals surface area contributed by atoms with Crippen LogP contribution >= 0.6 is 69.6 Å². The number of halogens is 6. The fourth-order valence-electron chi connectivity index (χ4n) is 3.08. The highest BCUT2D eigenvalue weighted by Gasteiger charge is 2.81. The van der Waals surface area contributed by atoms with Gasteiger partial charge < -0.3 is 0 Å². The van der Waals surface area contributed by atoms with E-state index in [-0.39, 0.29) is 16.9 Å². The molecule has 0 aromatic carbocycles. The van der Waals surface area contributed by atoms with E-state index in [9.17, 15) is 0 Å². The Balaban J connectivity index is 2.32. The van der Waals surface area contributed by atoms with Gasteiger partial charge in [0, 0.05) is 5.92 Å². The van der Waals surface area contributed by atoms with Crippen LogP contribution in [0.15, 0.2) is 22.2 Å². The summed E-state index contributed by atoms with van der Waals surface area (Å²) in [6.45, 7) is 0. The lowest BCUT2D eigenvalue weighted by Gasteiger charge is -2.33. The van der Waals surface area contributed by atoms with Gasteiger partial charge in [0.25, 0.3) is 0 Å². The molecule has 1 fully saturated rings. The normalized spacial score (nSPS) is 52.6. The molecule has 6 heteroatoms. The Morgan fingerprint density at radius 3 is 2.19 bits per heavy atom. The predicted octanol–water partition coefficient (Wildman–Crippen LogP) is 5.02. The average molecular weight is 339 g/mol. The van der Waals surface area contributed by atoms with Crippen LogP contribution in [0.4, 0.5) is 0 Å². The van der Waals surface area contributed by atoms with Crippen molar-refractivity contribution in [3.63, 3.8) is 0 Å². The Morgan fingerprint density at radius 2 is 1.56 bits per heavy atom. The van der Waals surface area contributed by atoms with Crippen molar-refractivity contribution < 1.29 is 0 Å². The van der Waals surface area contributed by atoms with E-state index in [1.54, 1.807) is 0 Å². The van der Waals surface area contributed by atoms with Crippen molar-refractivity contribution >= 4 is 69.6 Å². The van der Waals surface area contributed by atoms with E-state index in [2.05, 4.69) is 0 Å². The summed E-state index contributed by atoms with van der Waals surface area (Å²) in [5.74, 6) is -0.0478. The molecule has 0 aliphatic heterocycles. The van der Waals surface area contributed by atoms with Gasteiger partial charge in [0.05, 0.1) is 10.1 Å². The molecule has 0 aromatic heterocycles. The number of fused-ring (bicyclic) bond motifs is 5. The predicted molar refractivity (Wildman–Crippen MR) is 71.1 cm³/mol. The highest BCUT2D eigenvalue weighted by Crippen LogP contribution is 2.77. The fraction of sp³-hybridized carbons (Fsp3) is 0.600. The van der Waals surface area contributed by atoms with E-state index >= 15 is 0 Å². The highest BCUT2D eigenvalue weighted by atomic mass is 35.5. The first-order valence-electron chi connectivity index (χ1n) is 4.78. The van der Waals surface area contributed by atoms with Crippen LogP contribution in [0.5, 0.6) is 0 Å². The molecule has 3 aliphatic carbocycles. The summed E-state index contributed by atoms with van der Waals surface area (Å²) in [7, 11) is 0. The Labute approximate surface area is 123 Å². The third kappa shape index (κ3) is 0.940. The van der Waals surface area contributed by atoms with Gasteiger partial charge in [0.1, 0.15) is 9.75 Å². The first-order chi connectivity index (χ1) is 7.29. The second-order valence-electron chi connectivity index (χ2n) is 4.42. The van der Waals surface area contributed by atoms with Gasteiger partial charge in [0.2, 0.25) is 0 Å². The molecule has 0 aromatic rings. The van der Waals surface area contributed by atoms with Crippen LogP contribution in [-0.4, -0.2) is 14.1 Å². The lowest BCUT2D eigenvalue weighted by molar-refractivity contribution is 0.416. The lowest BCUT2D eigenvalue weighted by Crippen LogP contribution is -2.44. The highest BCUT2D eigenvalue weighted by molar-refractivity contribution is 6.65. The van der Waals surface area contributed by atoms with E-state index in [1.807, 2.05) is 12.2 Å². The first-order valence-corrected chi connectivity index (χ1v) is 7.05. The van der Waals surface area contributed by atoms with Gasteiger partial charge in [-0.1, -0.05) is 58.6 Å². The van der Waals surface area contributed by atoms with Gasteiger partial charge in [-0.05, 0) is 12.3 Å². The summed E-state index contributed by atoms with van der Waals surface area (Å²) in [5, 5.41) is 0.574. The first kappa shape index (κ1) is 12.3. The summed E-state index contributed by atoms with van der Waals surface area (Å²) >= 11 is 38.2. The SMILES string of the molecule is ClC1=C(Cl)[C@]2(Cl)[C@@H]3CC=C[C@H]3[C@@]1(Cl)C2(Cl)Cl. The molecule has 0 radical (unpaired) electrons. The van der Waals surface area contributed by atoms with Crippen molar-refractivity contribution in [3.05, 3.63) is 22.2 Å². The van der Waals surface area contributed by atoms with Gasteiger partial charge in [0.15, 0.2) is 4.33 Å². The third-order valence-electron chi connectivity index (χ3n) is 3.88. The van der Waals surface area contributed by atoms with Gasteiger partial charge in [-0.25, -0.2) is 0 Å². The third-order valence-corrected chi connectivity index (χ3v) is 8.20. The van der Waals surface area contributed by atoms with Crippen molar-refractivity contribution in [1.29, 1.82) is 0 Å². The summed E-state index contributed by atoms with van der Waals surface area (Å²) in [4.78, 5) is -2.18. The number of allylic oxidation sites excluding steroid dienone is 4. The molecule has 0 unspecified atom stereocenters. The van der Waals surface area contributed by atoms with Crippen LogP contribution in [0.25, 0.3) is 0 Å². The maximum atomic E-state index is 6.56. The number of hydrogen-bond acceptors (Lipinski definition) is 0. The van der Waals surface area contributed by atoms with Gasteiger partial charge >= 0.3 is 0 Å². The average Bonchev–Trinajstić information content (AvgIpc) is 2.78. The van der Waals surface area contributed by atoms with E-state index < -0.39 is 14.1 Å². The summed E-state index contributed by atoms with van der Waals surface area (Å²) in [6.07, 6.45) is 4.77. The summed E-state index contributed by atoms with van der Waals surface area (Å²) in [5.41, 5.74) is 0. The molecule has 16 heavy (non-hydrogen) atoms. The molecule has 4 atom stereocenters. The van der Waals surface area contributed by atoms with Gasteiger partial charge in [-0.15, -0.1) is 23.2 Å². The Morgan fingerprint density at radius 1 is 1.00 bits per heavy atom. The lowest BCUT2D eigenvalue weighted by atomic mass is 9.84. The van der Waals surface area contributed by atoms with Crippen LogP contribution in [0.1, 0.15) is 6.42 Å². The molecule has 0 N–H and O–H groups in total. The van der Waals surface area contributed by atoms with Gasteiger partial charge in [-0.2, -0.15) is 0 Å². The van der Waals surface area contributed by atoms with Crippen LogP contribution in [0.3, 0.4) is 0 Å². The van der Waals surface area contributed by atoms with Crippen LogP contribution < -0.4 is 0 Å². The fourth-order valence-corrected chi connectivity index (χ4v) is 6.12. The van der Waals surface area contributed by atoms with E-state index in [0.717, 1.165) is 6.42 Å². The van der Waals surface area contributed by atoms with Crippen molar-refractivity contribution in [3.8, 4) is 0 Å². The zero-order valence-corrected chi connectivity index (χ0v) is 12.3. The van der Waals surface area contributed by atoms with Crippen molar-refractivity contribution in [2.75, 3.05) is 0 Å². The van der Waals surface area contributed by atoms with Crippen LogP contribution in [0, 0.1) is 11.8 Å². The largest absolute Gasteiger partial charge is 0.167 e. The molecule has 88 valence electrons. The van der Waals surface area contributed by atoms with Crippen LogP contribution in [-0.2, 0) is 0 Å². The number of alkyl halides is 4. The van der Waals surface area contributed by atoms with E-state index in [0.29, 0.717) is 5.03 Å². The second-order valence-corrected chi connectivity index (χ2v) is 7.70. The molecule has 0 nitrogen and oxygen atoms in total. The minimum atomic E-state index is -1.38. The molecule has 0 spiro atoms. The Bertz CT molecular complexity index is 439. The maximum Gasteiger partial charge on any atom is 0.167 e. The Hall–Kier alpha value is 1.22. The second kappa shape index (κ2) is 3.21. The summed E-state index contributed by atoms with van der Waals surface area (Å²) in [6, 6.07) is 0. The monoisotopic (exact) mass is 336 g/mol. The van der Waals surface area contributed by atoms with Crippen molar-refractivity contribution in [2.24, 2.45) is 11.8 Å². The molecule has 3 rings (SSSR count). The van der Waals surface area contributed by atoms with Crippen molar-refractivity contribution in [2.45, 2.75) is 20.5 Å². The Kier molecular flexibility index (Phi) is 2.46. The van der Waals surface area contributed by atoms with E-state index in [1.165, 1.54) is 0 Å². The smallest absolute Gasteiger partial charge is 0.109 e. The number of rotatable bonds is 0.